The molecule has 1 atom stereocenters. The van der Waals surface area contributed by atoms with Crippen molar-refractivity contribution >= 4 is 11.6 Å². The molecule has 90 valence electrons. The van der Waals surface area contributed by atoms with Crippen LogP contribution in [0.3, 0.4) is 0 Å². The maximum Gasteiger partial charge on any atom is 0.268 e. The smallest absolute Gasteiger partial charge is 0.268 e. The molecule has 4 nitrogen and oxygen atoms in total. The highest BCUT2D eigenvalue weighted by molar-refractivity contribution is 5.95. The van der Waals surface area contributed by atoms with Crippen LogP contribution in [0.25, 0.3) is 5.70 Å². The molecule has 0 radical (unpaired) electrons. The van der Waals surface area contributed by atoms with Crippen molar-refractivity contribution in [1.29, 1.82) is 0 Å². The van der Waals surface area contributed by atoms with Crippen molar-refractivity contribution in [2.24, 2.45) is 0 Å². The summed E-state index contributed by atoms with van der Waals surface area (Å²) in [5, 5.41) is 5.88. The Morgan fingerprint density at radius 2 is 2.28 bits per heavy atom. The largest absolute Gasteiger partial charge is 0.362 e. The Morgan fingerprint density at radius 1 is 1.39 bits per heavy atom. The van der Waals surface area contributed by atoms with Crippen molar-refractivity contribution in [3.63, 3.8) is 0 Å². The number of nitrogens with zero attached hydrogens (tertiary/aromatic N) is 1. The monoisotopic (exact) mass is 243 g/mol. The minimum atomic E-state index is -0.372. The molecule has 3 aliphatic rings. The highest BCUT2D eigenvalue weighted by atomic mass is 19.1. The van der Waals surface area contributed by atoms with Gasteiger partial charge in [-0.25, -0.2) is 4.39 Å². The van der Waals surface area contributed by atoms with E-state index in [2.05, 4.69) is 10.6 Å². The fourth-order valence-electron chi connectivity index (χ4n) is 2.76. The van der Waals surface area contributed by atoms with Gasteiger partial charge in [0.25, 0.3) is 5.91 Å². The van der Waals surface area contributed by atoms with E-state index in [0.717, 1.165) is 22.5 Å². The second-order valence-electron chi connectivity index (χ2n) is 4.58. The van der Waals surface area contributed by atoms with Gasteiger partial charge in [0.1, 0.15) is 5.82 Å². The molecule has 0 bridgehead atoms. The average molecular weight is 243 g/mol. The van der Waals surface area contributed by atoms with Crippen LogP contribution in [0.2, 0.25) is 0 Å². The molecule has 2 N–H and O–H groups in total. The summed E-state index contributed by atoms with van der Waals surface area (Å²) in [6.07, 6.45) is 3.87. The molecule has 1 unspecified atom stereocenters. The van der Waals surface area contributed by atoms with Crippen LogP contribution in [0.4, 0.5) is 4.39 Å². The van der Waals surface area contributed by atoms with E-state index in [1.54, 1.807) is 12.3 Å². The van der Waals surface area contributed by atoms with Crippen LogP contribution in [0.1, 0.15) is 11.1 Å². The lowest BCUT2D eigenvalue weighted by Gasteiger charge is -2.31. The number of rotatable bonds is 0. The molecule has 1 aromatic rings. The number of benzene rings is 1. The molecule has 4 rings (SSSR count). The molecule has 2 heterocycles. The van der Waals surface area contributed by atoms with Crippen LogP contribution in [0.15, 0.2) is 36.3 Å². The molecule has 1 aromatic carbocycles. The van der Waals surface area contributed by atoms with Crippen LogP contribution in [-0.4, -0.2) is 17.0 Å². The van der Waals surface area contributed by atoms with Gasteiger partial charge in [-0.05, 0) is 23.8 Å². The van der Waals surface area contributed by atoms with Crippen LogP contribution < -0.4 is 10.6 Å². The average Bonchev–Trinajstić information content (AvgIpc) is 2.93. The first-order chi connectivity index (χ1) is 8.74. The minimum absolute atomic E-state index is 0.0871. The lowest BCUT2D eigenvalue weighted by molar-refractivity contribution is -0.124. The molecule has 2 aliphatic heterocycles. The van der Waals surface area contributed by atoms with Crippen molar-refractivity contribution in [3.8, 4) is 0 Å². The van der Waals surface area contributed by atoms with E-state index < -0.39 is 0 Å². The number of halogens is 1. The lowest BCUT2D eigenvalue weighted by atomic mass is 10.1. The van der Waals surface area contributed by atoms with Crippen molar-refractivity contribution in [2.75, 3.05) is 0 Å². The van der Waals surface area contributed by atoms with Crippen molar-refractivity contribution in [2.45, 2.75) is 12.6 Å². The van der Waals surface area contributed by atoms with E-state index in [0.29, 0.717) is 6.42 Å². The Kier molecular flexibility index (Phi) is 1.69. The van der Waals surface area contributed by atoms with Gasteiger partial charge in [0.2, 0.25) is 0 Å². The number of carbonyl (C=O) groups is 1. The standard InChI is InChI=1S/C13H10FN3O/c14-8-1-2-9-7(5-8)6-10-11(9)16-13(18)12-15-3-4-17(10)12/h1-5,12,15H,6H2,(H,16,18). The second kappa shape index (κ2) is 3.13. The molecule has 0 spiro atoms. The predicted molar refractivity (Wildman–Crippen MR) is 63.1 cm³/mol. The first-order valence-electron chi connectivity index (χ1n) is 5.78. The summed E-state index contributed by atoms with van der Waals surface area (Å²) in [4.78, 5) is 13.8. The molecule has 0 saturated carbocycles. The maximum atomic E-state index is 13.2. The normalized spacial score (nSPS) is 23.5. The van der Waals surface area contributed by atoms with Gasteiger partial charge in [0.05, 0.1) is 5.70 Å². The molecule has 0 saturated heterocycles. The Balaban J connectivity index is 1.86. The summed E-state index contributed by atoms with van der Waals surface area (Å²) < 4.78 is 13.2. The van der Waals surface area contributed by atoms with Gasteiger partial charge in [-0.2, -0.15) is 0 Å². The predicted octanol–water partition coefficient (Wildman–Crippen LogP) is 0.883. The number of allylic oxidation sites excluding steroid dienone is 1. The summed E-state index contributed by atoms with van der Waals surface area (Å²) in [6.45, 7) is 0. The summed E-state index contributed by atoms with van der Waals surface area (Å²) in [7, 11) is 0. The van der Waals surface area contributed by atoms with Crippen molar-refractivity contribution in [3.05, 3.63) is 53.2 Å². The number of carbonyl (C=O) groups excluding carboxylic acids is 1. The summed E-state index contributed by atoms with van der Waals surface area (Å²) >= 11 is 0. The third kappa shape index (κ3) is 1.11. The van der Waals surface area contributed by atoms with Crippen molar-refractivity contribution in [1.82, 2.24) is 15.5 Å². The highest BCUT2D eigenvalue weighted by Gasteiger charge is 2.39. The van der Waals surface area contributed by atoms with Gasteiger partial charge >= 0.3 is 0 Å². The van der Waals surface area contributed by atoms with Crippen LogP contribution in [0, 0.1) is 5.82 Å². The zero-order valence-corrected chi connectivity index (χ0v) is 9.40. The third-order valence-corrected chi connectivity index (χ3v) is 3.56. The number of hydrogen-bond donors (Lipinski definition) is 2. The van der Waals surface area contributed by atoms with E-state index in [4.69, 9.17) is 0 Å². The Labute approximate surface area is 103 Å². The Hall–Kier alpha value is -2.30. The Morgan fingerprint density at radius 3 is 3.17 bits per heavy atom. The summed E-state index contributed by atoms with van der Waals surface area (Å²) in [5.74, 6) is -0.331. The molecular weight excluding hydrogens is 233 g/mol. The van der Waals surface area contributed by atoms with Crippen molar-refractivity contribution < 1.29 is 9.18 Å². The molecule has 0 fully saturated rings. The number of fused-ring (bicyclic) bond motifs is 4. The molecule has 1 aliphatic carbocycles. The van der Waals surface area contributed by atoms with E-state index in [1.165, 1.54) is 12.1 Å². The molecule has 0 aromatic heterocycles. The highest BCUT2D eigenvalue weighted by Crippen LogP contribution is 2.37. The molecule has 18 heavy (non-hydrogen) atoms. The van der Waals surface area contributed by atoms with Gasteiger partial charge in [-0.3, -0.25) is 4.79 Å². The summed E-state index contributed by atoms with van der Waals surface area (Å²) in [6, 6.07) is 4.67. The van der Waals surface area contributed by atoms with Gasteiger partial charge < -0.3 is 15.5 Å². The quantitative estimate of drug-likeness (QED) is 0.711. The minimum Gasteiger partial charge on any atom is -0.362 e. The van der Waals surface area contributed by atoms with Crippen LogP contribution in [-0.2, 0) is 11.2 Å². The lowest BCUT2D eigenvalue weighted by Crippen LogP contribution is -2.51. The van der Waals surface area contributed by atoms with Crippen LogP contribution >= 0.6 is 0 Å². The number of nitrogens with one attached hydrogen (secondary N) is 2. The molecule has 1 amide bonds. The Bertz CT molecular complexity index is 635. The SMILES string of the molecule is O=C1NC2=C(Cc3cc(F)ccc32)N2C=CNC12. The number of hydrogen-bond acceptors (Lipinski definition) is 3. The van der Waals surface area contributed by atoms with Gasteiger partial charge in [-0.1, -0.05) is 0 Å². The first kappa shape index (κ1) is 9.70. The summed E-state index contributed by atoms with van der Waals surface area (Å²) in [5.41, 5.74) is 3.65. The zero-order chi connectivity index (χ0) is 12.3. The molecular formula is C13H10FN3O. The van der Waals surface area contributed by atoms with Gasteiger partial charge in [0.15, 0.2) is 6.17 Å². The van der Waals surface area contributed by atoms with Crippen LogP contribution in [0.5, 0.6) is 0 Å². The van der Waals surface area contributed by atoms with E-state index in [-0.39, 0.29) is 17.9 Å². The topological polar surface area (TPSA) is 44.4 Å². The fourth-order valence-corrected chi connectivity index (χ4v) is 2.76. The second-order valence-corrected chi connectivity index (χ2v) is 4.58. The van der Waals surface area contributed by atoms with E-state index in [9.17, 15) is 9.18 Å². The first-order valence-corrected chi connectivity index (χ1v) is 5.78. The zero-order valence-electron chi connectivity index (χ0n) is 9.40. The third-order valence-electron chi connectivity index (χ3n) is 3.56. The van der Waals surface area contributed by atoms with Gasteiger partial charge in [0, 0.05) is 30.1 Å². The maximum absolute atomic E-state index is 13.2. The number of amides is 1. The van der Waals surface area contributed by atoms with Gasteiger partial charge in [-0.15, -0.1) is 0 Å². The van der Waals surface area contributed by atoms with E-state index in [1.807, 2.05) is 11.1 Å². The van der Waals surface area contributed by atoms with E-state index >= 15 is 0 Å². The molecule has 5 heteroatoms. The fraction of sp³-hybridized carbons (Fsp3) is 0.154.